The third-order valence-corrected chi connectivity index (χ3v) is 4.74. The second-order valence-electron chi connectivity index (χ2n) is 5.14. The lowest BCUT2D eigenvalue weighted by Crippen LogP contribution is -2.28. The third-order valence-electron chi connectivity index (χ3n) is 3.18. The van der Waals surface area contributed by atoms with Gasteiger partial charge in [0.2, 0.25) is 10.0 Å². The maximum Gasteiger partial charge on any atom is 0.319 e. The minimum absolute atomic E-state index is 0.199. The molecular formula is C16H20N4O3S. The van der Waals surface area contributed by atoms with Gasteiger partial charge in [0.05, 0.1) is 4.90 Å². The van der Waals surface area contributed by atoms with Gasteiger partial charge in [-0.1, -0.05) is 19.1 Å². The van der Waals surface area contributed by atoms with Gasteiger partial charge in [0.25, 0.3) is 0 Å². The second kappa shape index (κ2) is 7.89. The van der Waals surface area contributed by atoms with E-state index in [1.165, 1.54) is 12.1 Å². The number of sulfonamides is 1. The van der Waals surface area contributed by atoms with E-state index >= 15 is 0 Å². The van der Waals surface area contributed by atoms with E-state index in [0.29, 0.717) is 12.2 Å². The van der Waals surface area contributed by atoms with Crippen molar-refractivity contribution in [1.82, 2.24) is 15.0 Å². The molecule has 0 fully saturated rings. The molecule has 0 atom stereocenters. The first kappa shape index (κ1) is 17.9. The van der Waals surface area contributed by atoms with Gasteiger partial charge in [0.15, 0.2) is 0 Å². The van der Waals surface area contributed by atoms with Crippen LogP contribution in [0, 0.1) is 6.92 Å². The molecule has 3 N–H and O–H groups in total. The Morgan fingerprint density at radius 1 is 1.17 bits per heavy atom. The van der Waals surface area contributed by atoms with Gasteiger partial charge >= 0.3 is 6.03 Å². The molecule has 128 valence electrons. The minimum Gasteiger partial charge on any atom is -0.334 e. The van der Waals surface area contributed by atoms with Crippen molar-refractivity contribution < 1.29 is 13.2 Å². The summed E-state index contributed by atoms with van der Waals surface area (Å²) in [7, 11) is -3.46. The first-order chi connectivity index (χ1) is 11.4. The number of carbonyl (C=O) groups is 1. The second-order valence-corrected chi connectivity index (χ2v) is 6.91. The summed E-state index contributed by atoms with van der Waals surface area (Å²) in [6.07, 6.45) is 1.62. The first-order valence-corrected chi connectivity index (χ1v) is 8.95. The molecule has 0 aliphatic rings. The smallest absolute Gasteiger partial charge is 0.319 e. The fourth-order valence-electron chi connectivity index (χ4n) is 2.04. The van der Waals surface area contributed by atoms with E-state index in [1.54, 1.807) is 37.4 Å². The number of nitrogens with zero attached hydrogens (tertiary/aromatic N) is 1. The van der Waals surface area contributed by atoms with Gasteiger partial charge in [0, 0.05) is 30.7 Å². The molecule has 0 spiro atoms. The fraction of sp³-hybridized carbons (Fsp3) is 0.250. The Morgan fingerprint density at radius 2 is 1.88 bits per heavy atom. The fourth-order valence-corrected chi connectivity index (χ4v) is 3.08. The largest absolute Gasteiger partial charge is 0.334 e. The number of aromatic nitrogens is 1. The van der Waals surface area contributed by atoms with Crippen LogP contribution < -0.4 is 15.4 Å². The quantitative estimate of drug-likeness (QED) is 0.743. The highest BCUT2D eigenvalue weighted by Crippen LogP contribution is 2.11. The number of nitrogens with one attached hydrogen (secondary N) is 3. The summed E-state index contributed by atoms with van der Waals surface area (Å²) < 4.78 is 26.1. The van der Waals surface area contributed by atoms with Gasteiger partial charge < -0.3 is 10.6 Å². The van der Waals surface area contributed by atoms with E-state index < -0.39 is 10.0 Å². The molecule has 2 rings (SSSR count). The number of anilines is 1. The molecule has 0 radical (unpaired) electrons. The van der Waals surface area contributed by atoms with E-state index in [1.807, 2.05) is 6.92 Å². The number of pyridine rings is 1. The van der Waals surface area contributed by atoms with Crippen molar-refractivity contribution >= 4 is 21.7 Å². The number of benzene rings is 1. The molecule has 7 nitrogen and oxygen atoms in total. The molecular weight excluding hydrogens is 328 g/mol. The van der Waals surface area contributed by atoms with Gasteiger partial charge in [-0.05, 0) is 36.8 Å². The van der Waals surface area contributed by atoms with Crippen LogP contribution >= 0.6 is 0 Å². The van der Waals surface area contributed by atoms with Crippen LogP contribution in [0.15, 0.2) is 47.5 Å². The number of hydrogen-bond acceptors (Lipinski definition) is 4. The number of carbonyl (C=O) groups excluding carboxylic acids is 1. The van der Waals surface area contributed by atoms with Crippen LogP contribution in [0.3, 0.4) is 0 Å². The first-order valence-electron chi connectivity index (χ1n) is 7.47. The molecule has 0 aliphatic heterocycles. The Hall–Kier alpha value is -2.45. The van der Waals surface area contributed by atoms with Gasteiger partial charge in [-0.2, -0.15) is 0 Å². The highest BCUT2D eigenvalue weighted by Gasteiger charge is 2.12. The summed E-state index contributed by atoms with van der Waals surface area (Å²) in [5.41, 5.74) is 2.27. The Bertz CT molecular complexity index is 804. The molecule has 1 aromatic heterocycles. The number of aryl methyl sites for hydroxylation is 1. The predicted octanol–water partition coefficient (Wildman–Crippen LogP) is 2.01. The molecule has 24 heavy (non-hydrogen) atoms. The van der Waals surface area contributed by atoms with Crippen LogP contribution in [0.4, 0.5) is 10.5 Å². The highest BCUT2D eigenvalue weighted by atomic mass is 32.2. The standard InChI is InChI=1S/C16H20N4O3S/c1-3-19-24(22,23)15-6-4-13(5-7-15)11-18-16(21)20-14-8-9-17-12(2)10-14/h4-10,19H,3,11H2,1-2H3,(H2,17,18,20,21). The van der Waals surface area contributed by atoms with E-state index in [9.17, 15) is 13.2 Å². The number of urea groups is 1. The normalized spacial score (nSPS) is 11.1. The van der Waals surface area contributed by atoms with Crippen LogP contribution in [-0.4, -0.2) is 26.0 Å². The summed E-state index contributed by atoms with van der Waals surface area (Å²) in [6, 6.07) is 9.48. The van der Waals surface area contributed by atoms with Gasteiger partial charge in [0.1, 0.15) is 0 Å². The van der Waals surface area contributed by atoms with Crippen LogP contribution in [0.2, 0.25) is 0 Å². The predicted molar refractivity (Wildman–Crippen MR) is 92.1 cm³/mol. The zero-order valence-electron chi connectivity index (χ0n) is 13.5. The Morgan fingerprint density at radius 3 is 2.50 bits per heavy atom. The third kappa shape index (κ3) is 5.04. The van der Waals surface area contributed by atoms with Crippen LogP contribution in [-0.2, 0) is 16.6 Å². The Kier molecular flexibility index (Phi) is 5.88. The van der Waals surface area contributed by atoms with Crippen molar-refractivity contribution in [3.8, 4) is 0 Å². The van der Waals surface area contributed by atoms with Crippen LogP contribution in [0.1, 0.15) is 18.2 Å². The van der Waals surface area contributed by atoms with Gasteiger partial charge in [-0.15, -0.1) is 0 Å². The van der Waals surface area contributed by atoms with E-state index in [0.717, 1.165) is 11.3 Å². The van der Waals surface area contributed by atoms with Crippen molar-refractivity contribution in [3.05, 3.63) is 53.9 Å². The zero-order chi connectivity index (χ0) is 17.6. The van der Waals surface area contributed by atoms with Crippen molar-refractivity contribution in [1.29, 1.82) is 0 Å². The minimum atomic E-state index is -3.46. The Labute approximate surface area is 141 Å². The van der Waals surface area contributed by atoms with Crippen molar-refractivity contribution in [3.63, 3.8) is 0 Å². The maximum atomic E-state index is 11.9. The molecule has 0 bridgehead atoms. The monoisotopic (exact) mass is 348 g/mol. The number of amides is 2. The van der Waals surface area contributed by atoms with Crippen molar-refractivity contribution in [2.75, 3.05) is 11.9 Å². The summed E-state index contributed by atoms with van der Waals surface area (Å²) in [5.74, 6) is 0. The molecule has 0 saturated heterocycles. The molecule has 1 aromatic carbocycles. The summed E-state index contributed by atoms with van der Waals surface area (Å²) in [5, 5.41) is 5.42. The molecule has 2 aromatic rings. The topological polar surface area (TPSA) is 100 Å². The summed E-state index contributed by atoms with van der Waals surface area (Å²) in [4.78, 5) is 16.1. The number of rotatable bonds is 6. The van der Waals surface area contributed by atoms with Crippen molar-refractivity contribution in [2.24, 2.45) is 0 Å². The van der Waals surface area contributed by atoms with E-state index in [-0.39, 0.29) is 17.5 Å². The average molecular weight is 348 g/mol. The molecule has 0 unspecified atom stereocenters. The lowest BCUT2D eigenvalue weighted by atomic mass is 10.2. The van der Waals surface area contributed by atoms with E-state index in [4.69, 9.17) is 0 Å². The zero-order valence-corrected chi connectivity index (χ0v) is 14.4. The van der Waals surface area contributed by atoms with E-state index in [2.05, 4.69) is 20.3 Å². The molecule has 0 saturated carbocycles. The molecule has 1 heterocycles. The number of hydrogen-bond donors (Lipinski definition) is 3. The maximum absolute atomic E-state index is 11.9. The Balaban J connectivity index is 1.91. The lowest BCUT2D eigenvalue weighted by Gasteiger charge is -2.09. The average Bonchev–Trinajstić information content (AvgIpc) is 2.53. The molecule has 2 amide bonds. The van der Waals surface area contributed by atoms with Crippen LogP contribution in [0.25, 0.3) is 0 Å². The van der Waals surface area contributed by atoms with Crippen molar-refractivity contribution in [2.45, 2.75) is 25.3 Å². The lowest BCUT2D eigenvalue weighted by molar-refractivity contribution is 0.251. The molecule has 0 aliphatic carbocycles. The van der Waals surface area contributed by atoms with Gasteiger partial charge in [-0.25, -0.2) is 17.9 Å². The SMILES string of the molecule is CCNS(=O)(=O)c1ccc(CNC(=O)Nc2ccnc(C)c2)cc1. The summed E-state index contributed by atoms with van der Waals surface area (Å²) >= 11 is 0. The molecule has 8 heteroatoms. The van der Waals surface area contributed by atoms with Gasteiger partial charge in [-0.3, -0.25) is 4.98 Å². The van der Waals surface area contributed by atoms with Crippen LogP contribution in [0.5, 0.6) is 0 Å². The summed E-state index contributed by atoms with van der Waals surface area (Å²) in [6.45, 7) is 4.18. The highest BCUT2D eigenvalue weighted by molar-refractivity contribution is 7.89.